The third-order valence-corrected chi connectivity index (χ3v) is 5.33. The zero-order valence-corrected chi connectivity index (χ0v) is 15.3. The zero-order chi connectivity index (χ0) is 18.6. The van der Waals surface area contributed by atoms with Gasteiger partial charge in [0.25, 0.3) is 0 Å². The molecule has 1 aromatic heterocycles. The standard InChI is InChI=1S/C20H25N3O3/c1-15(16-6-4-3-5-7-16)23-14-22-13-17(23)18(24)12-20(19(25)26-2)8-10-21-11-9-20/h3-7,13-15,21H,8-12H2,1-2H3. The molecule has 1 aromatic carbocycles. The van der Waals surface area contributed by atoms with Crippen LogP contribution in [0.2, 0.25) is 0 Å². The third-order valence-electron chi connectivity index (χ3n) is 5.33. The Morgan fingerprint density at radius 1 is 1.27 bits per heavy atom. The molecule has 0 saturated carbocycles. The molecule has 1 unspecified atom stereocenters. The molecule has 2 heterocycles. The van der Waals surface area contributed by atoms with Gasteiger partial charge in [-0.05, 0) is 38.4 Å². The number of carbonyl (C=O) groups excluding carboxylic acids is 2. The molecule has 0 bridgehead atoms. The highest BCUT2D eigenvalue weighted by molar-refractivity contribution is 5.97. The van der Waals surface area contributed by atoms with Crippen LogP contribution in [0, 0.1) is 5.41 Å². The number of piperidine rings is 1. The summed E-state index contributed by atoms with van der Waals surface area (Å²) in [6.07, 6.45) is 4.63. The van der Waals surface area contributed by atoms with Gasteiger partial charge in [0, 0.05) is 6.42 Å². The van der Waals surface area contributed by atoms with E-state index in [0.717, 1.165) is 5.56 Å². The predicted molar refractivity (Wildman–Crippen MR) is 98.0 cm³/mol. The molecular weight excluding hydrogens is 330 g/mol. The first-order valence-electron chi connectivity index (χ1n) is 8.96. The Bertz CT molecular complexity index is 764. The van der Waals surface area contributed by atoms with Crippen molar-refractivity contribution in [3.63, 3.8) is 0 Å². The van der Waals surface area contributed by atoms with Crippen molar-refractivity contribution in [1.29, 1.82) is 0 Å². The molecule has 0 amide bonds. The van der Waals surface area contributed by atoms with Gasteiger partial charge in [-0.2, -0.15) is 0 Å². The summed E-state index contributed by atoms with van der Waals surface area (Å²) in [5, 5.41) is 3.24. The highest BCUT2D eigenvalue weighted by atomic mass is 16.5. The summed E-state index contributed by atoms with van der Waals surface area (Å²) < 4.78 is 6.90. The maximum atomic E-state index is 13.1. The summed E-state index contributed by atoms with van der Waals surface area (Å²) in [4.78, 5) is 29.7. The van der Waals surface area contributed by atoms with Gasteiger partial charge < -0.3 is 14.6 Å². The number of methoxy groups -OCH3 is 1. The number of nitrogens with zero attached hydrogens (tertiary/aromatic N) is 2. The molecule has 6 heteroatoms. The fraction of sp³-hybridized carbons (Fsp3) is 0.450. The molecule has 1 aliphatic heterocycles. The minimum Gasteiger partial charge on any atom is -0.469 e. The zero-order valence-electron chi connectivity index (χ0n) is 15.3. The van der Waals surface area contributed by atoms with Crippen LogP contribution in [0.4, 0.5) is 0 Å². The number of benzene rings is 1. The molecule has 3 rings (SSSR count). The number of nitrogens with one attached hydrogen (secondary N) is 1. The van der Waals surface area contributed by atoms with E-state index < -0.39 is 5.41 Å². The van der Waals surface area contributed by atoms with E-state index in [1.165, 1.54) is 7.11 Å². The van der Waals surface area contributed by atoms with E-state index >= 15 is 0 Å². The van der Waals surface area contributed by atoms with Gasteiger partial charge in [-0.25, -0.2) is 4.98 Å². The molecule has 0 aliphatic carbocycles. The lowest BCUT2D eigenvalue weighted by molar-refractivity contribution is -0.154. The van der Waals surface area contributed by atoms with Crippen molar-refractivity contribution < 1.29 is 14.3 Å². The van der Waals surface area contributed by atoms with E-state index in [2.05, 4.69) is 10.3 Å². The second-order valence-corrected chi connectivity index (χ2v) is 6.89. The highest BCUT2D eigenvalue weighted by Gasteiger charge is 2.43. The SMILES string of the molecule is COC(=O)C1(CC(=O)c2cncn2C(C)c2ccccc2)CCNCC1. The Hall–Kier alpha value is -2.47. The molecule has 0 spiro atoms. The minimum absolute atomic E-state index is 0.0141. The van der Waals surface area contributed by atoms with E-state index in [-0.39, 0.29) is 24.2 Å². The fourth-order valence-corrected chi connectivity index (χ4v) is 3.69. The fourth-order valence-electron chi connectivity index (χ4n) is 3.69. The lowest BCUT2D eigenvalue weighted by atomic mass is 9.74. The minimum atomic E-state index is -0.748. The number of rotatable bonds is 6. The number of ether oxygens (including phenoxy) is 1. The van der Waals surface area contributed by atoms with E-state index in [9.17, 15) is 9.59 Å². The third kappa shape index (κ3) is 3.55. The van der Waals surface area contributed by atoms with Gasteiger partial charge in [-0.1, -0.05) is 30.3 Å². The summed E-state index contributed by atoms with van der Waals surface area (Å²) in [6.45, 7) is 3.46. The molecular formula is C20H25N3O3. The van der Waals surface area contributed by atoms with Crippen LogP contribution in [0.25, 0.3) is 0 Å². The molecule has 2 aromatic rings. The number of aromatic nitrogens is 2. The largest absolute Gasteiger partial charge is 0.469 e. The number of hydrogen-bond donors (Lipinski definition) is 1. The predicted octanol–water partition coefficient (Wildman–Crippen LogP) is 2.61. The van der Waals surface area contributed by atoms with Crippen molar-refractivity contribution in [1.82, 2.24) is 14.9 Å². The van der Waals surface area contributed by atoms with E-state index in [1.54, 1.807) is 12.5 Å². The van der Waals surface area contributed by atoms with Crippen molar-refractivity contribution in [2.24, 2.45) is 5.41 Å². The van der Waals surface area contributed by atoms with Gasteiger partial charge in [-0.3, -0.25) is 9.59 Å². The highest BCUT2D eigenvalue weighted by Crippen LogP contribution is 2.35. The molecule has 138 valence electrons. The van der Waals surface area contributed by atoms with Gasteiger partial charge >= 0.3 is 5.97 Å². The molecule has 1 saturated heterocycles. The lowest BCUT2D eigenvalue weighted by Gasteiger charge is -2.34. The van der Waals surface area contributed by atoms with Crippen LogP contribution in [-0.2, 0) is 9.53 Å². The second-order valence-electron chi connectivity index (χ2n) is 6.89. The number of imidazole rings is 1. The Morgan fingerprint density at radius 2 is 1.96 bits per heavy atom. The van der Waals surface area contributed by atoms with Crippen LogP contribution in [-0.4, -0.2) is 41.5 Å². The van der Waals surface area contributed by atoms with E-state index in [4.69, 9.17) is 4.74 Å². The second kappa shape index (κ2) is 7.83. The molecule has 1 atom stereocenters. The first kappa shape index (κ1) is 18.3. The van der Waals surface area contributed by atoms with Crippen LogP contribution >= 0.6 is 0 Å². The van der Waals surface area contributed by atoms with Crippen molar-refractivity contribution in [3.8, 4) is 0 Å². The monoisotopic (exact) mass is 355 g/mol. The topological polar surface area (TPSA) is 73.2 Å². The van der Waals surface area contributed by atoms with Crippen molar-refractivity contribution in [2.45, 2.75) is 32.2 Å². The lowest BCUT2D eigenvalue weighted by Crippen LogP contribution is -2.44. The van der Waals surface area contributed by atoms with Gasteiger partial charge in [0.1, 0.15) is 5.69 Å². The molecule has 1 N–H and O–H groups in total. The van der Waals surface area contributed by atoms with E-state index in [1.807, 2.05) is 41.8 Å². The number of carbonyl (C=O) groups is 2. The summed E-state index contributed by atoms with van der Waals surface area (Å²) in [6, 6.07) is 9.97. The Labute approximate surface area is 153 Å². The molecule has 6 nitrogen and oxygen atoms in total. The molecule has 0 radical (unpaired) electrons. The summed E-state index contributed by atoms with van der Waals surface area (Å²) in [5.41, 5.74) is 0.884. The van der Waals surface area contributed by atoms with Crippen LogP contribution in [0.15, 0.2) is 42.9 Å². The quantitative estimate of drug-likeness (QED) is 0.637. The van der Waals surface area contributed by atoms with Crippen molar-refractivity contribution >= 4 is 11.8 Å². The number of Topliss-reactive ketones (excluding diaryl/α,β-unsaturated/α-hetero) is 1. The number of esters is 1. The van der Waals surface area contributed by atoms with Gasteiger partial charge in [0.05, 0.1) is 31.1 Å². The van der Waals surface area contributed by atoms with Crippen molar-refractivity contribution in [2.75, 3.05) is 20.2 Å². The van der Waals surface area contributed by atoms with Gasteiger partial charge in [0.15, 0.2) is 5.78 Å². The summed E-state index contributed by atoms with van der Waals surface area (Å²) in [7, 11) is 1.39. The van der Waals surface area contributed by atoms with Crippen LogP contribution in [0.5, 0.6) is 0 Å². The van der Waals surface area contributed by atoms with Crippen LogP contribution in [0.1, 0.15) is 48.3 Å². The molecule has 1 fully saturated rings. The molecule has 1 aliphatic rings. The normalized spacial score (nSPS) is 17.5. The van der Waals surface area contributed by atoms with Gasteiger partial charge in [-0.15, -0.1) is 0 Å². The van der Waals surface area contributed by atoms with Crippen LogP contribution in [0.3, 0.4) is 0 Å². The number of hydrogen-bond acceptors (Lipinski definition) is 5. The first-order chi connectivity index (χ1) is 12.6. The number of ketones is 1. The average molecular weight is 355 g/mol. The molecule has 26 heavy (non-hydrogen) atoms. The first-order valence-corrected chi connectivity index (χ1v) is 8.96. The summed E-state index contributed by atoms with van der Waals surface area (Å²) >= 11 is 0. The van der Waals surface area contributed by atoms with E-state index in [0.29, 0.717) is 31.6 Å². The van der Waals surface area contributed by atoms with Crippen molar-refractivity contribution in [3.05, 3.63) is 54.1 Å². The smallest absolute Gasteiger partial charge is 0.312 e. The van der Waals surface area contributed by atoms with Crippen LogP contribution < -0.4 is 5.32 Å². The maximum Gasteiger partial charge on any atom is 0.312 e. The maximum absolute atomic E-state index is 13.1. The van der Waals surface area contributed by atoms with Gasteiger partial charge in [0.2, 0.25) is 0 Å². The average Bonchev–Trinajstić information content (AvgIpc) is 3.18. The Morgan fingerprint density at radius 3 is 2.62 bits per heavy atom. The Kier molecular flexibility index (Phi) is 5.52. The summed E-state index contributed by atoms with van der Waals surface area (Å²) in [5.74, 6) is -0.368. The Balaban J connectivity index is 1.84.